The molecule has 22 heavy (non-hydrogen) atoms. The molecule has 0 N–H and O–H groups in total. The number of rotatable bonds is 3. The maximum absolute atomic E-state index is 13.0. The third-order valence-electron chi connectivity index (χ3n) is 2.11. The SMILES string of the molecule is C=Cc1nc(C(F)(F)C(F)(F)F)nc(C(F)(F)C(F)(F)F)n1. The van der Waals surface area contributed by atoms with Gasteiger partial charge in [0.05, 0.1) is 0 Å². The van der Waals surface area contributed by atoms with Gasteiger partial charge in [0.25, 0.3) is 0 Å². The summed E-state index contributed by atoms with van der Waals surface area (Å²) >= 11 is 0. The molecule has 0 bridgehead atoms. The van der Waals surface area contributed by atoms with Crippen molar-refractivity contribution < 1.29 is 43.9 Å². The van der Waals surface area contributed by atoms with Crippen LogP contribution >= 0.6 is 0 Å². The van der Waals surface area contributed by atoms with E-state index >= 15 is 0 Å². The molecule has 0 saturated heterocycles. The van der Waals surface area contributed by atoms with Crippen LogP contribution in [0.1, 0.15) is 17.5 Å². The third kappa shape index (κ3) is 2.97. The molecule has 0 aliphatic heterocycles. The predicted octanol–water partition coefficient (Wildman–Crippen LogP) is 3.82. The number of alkyl halides is 10. The number of hydrogen-bond acceptors (Lipinski definition) is 3. The van der Waals surface area contributed by atoms with Gasteiger partial charge in [-0.05, 0) is 6.08 Å². The lowest BCUT2D eigenvalue weighted by atomic mass is 10.2. The Balaban J connectivity index is 3.60. The minimum Gasteiger partial charge on any atom is -0.207 e. The fourth-order valence-corrected chi connectivity index (χ4v) is 1.02. The van der Waals surface area contributed by atoms with E-state index in [-0.39, 0.29) is 0 Å². The summed E-state index contributed by atoms with van der Waals surface area (Å²) in [7, 11) is 0. The van der Waals surface area contributed by atoms with Crippen molar-refractivity contribution in [3.8, 4) is 0 Å². The molecule has 0 saturated carbocycles. The van der Waals surface area contributed by atoms with E-state index in [4.69, 9.17) is 0 Å². The van der Waals surface area contributed by atoms with Crippen LogP contribution in [0.15, 0.2) is 6.58 Å². The van der Waals surface area contributed by atoms with Crippen molar-refractivity contribution >= 4 is 6.08 Å². The van der Waals surface area contributed by atoms with Crippen LogP contribution in [0.2, 0.25) is 0 Å². The summed E-state index contributed by atoms with van der Waals surface area (Å²) in [6, 6.07) is 0. The van der Waals surface area contributed by atoms with E-state index in [1.807, 2.05) is 4.98 Å². The largest absolute Gasteiger partial charge is 0.461 e. The number of nitrogens with zero attached hydrogens (tertiary/aromatic N) is 3. The van der Waals surface area contributed by atoms with Crippen molar-refractivity contribution in [2.45, 2.75) is 24.2 Å². The summed E-state index contributed by atoms with van der Waals surface area (Å²) in [5.41, 5.74) is 0. The van der Waals surface area contributed by atoms with Crippen molar-refractivity contribution in [2.75, 3.05) is 0 Å². The molecule has 0 aliphatic carbocycles. The van der Waals surface area contributed by atoms with Gasteiger partial charge in [-0.25, -0.2) is 15.0 Å². The summed E-state index contributed by atoms with van der Waals surface area (Å²) < 4.78 is 125. The zero-order valence-electron chi connectivity index (χ0n) is 9.91. The quantitative estimate of drug-likeness (QED) is 0.783. The molecular weight excluding hydrogens is 340 g/mol. The molecule has 0 amide bonds. The van der Waals surface area contributed by atoms with Crippen molar-refractivity contribution in [3.63, 3.8) is 0 Å². The summed E-state index contributed by atoms with van der Waals surface area (Å²) in [5.74, 6) is -18.2. The molecule has 0 aromatic carbocycles. The van der Waals surface area contributed by atoms with Gasteiger partial charge in [0.1, 0.15) is 0 Å². The molecule has 1 heterocycles. The molecule has 1 aromatic heterocycles. The fraction of sp³-hybridized carbons (Fsp3) is 0.444. The van der Waals surface area contributed by atoms with Crippen LogP contribution in [0.4, 0.5) is 43.9 Å². The molecule has 13 heteroatoms. The topological polar surface area (TPSA) is 38.7 Å². The molecule has 0 fully saturated rings. The average molecular weight is 343 g/mol. The first kappa shape index (κ1) is 18.1. The predicted molar refractivity (Wildman–Crippen MR) is 49.8 cm³/mol. The van der Waals surface area contributed by atoms with E-state index in [1.54, 1.807) is 0 Å². The summed E-state index contributed by atoms with van der Waals surface area (Å²) in [6.07, 6.45) is -12.3. The van der Waals surface area contributed by atoms with Gasteiger partial charge in [-0.3, -0.25) is 0 Å². The van der Waals surface area contributed by atoms with Crippen LogP contribution in [0.5, 0.6) is 0 Å². The van der Waals surface area contributed by atoms with Gasteiger partial charge in [0.15, 0.2) is 5.82 Å². The van der Waals surface area contributed by atoms with Crippen molar-refractivity contribution in [3.05, 3.63) is 24.1 Å². The van der Waals surface area contributed by atoms with Crippen LogP contribution in [0, 0.1) is 0 Å². The van der Waals surface area contributed by atoms with Gasteiger partial charge in [0.2, 0.25) is 11.6 Å². The van der Waals surface area contributed by atoms with E-state index in [0.29, 0.717) is 6.08 Å². The van der Waals surface area contributed by atoms with Gasteiger partial charge in [-0.2, -0.15) is 43.9 Å². The molecule has 0 unspecified atom stereocenters. The lowest BCUT2D eigenvalue weighted by molar-refractivity contribution is -0.297. The van der Waals surface area contributed by atoms with Gasteiger partial charge in [-0.1, -0.05) is 6.58 Å². The number of aromatic nitrogens is 3. The zero-order valence-corrected chi connectivity index (χ0v) is 9.91. The van der Waals surface area contributed by atoms with E-state index in [0.717, 1.165) is 0 Å². The lowest BCUT2D eigenvalue weighted by Crippen LogP contribution is -2.39. The van der Waals surface area contributed by atoms with Gasteiger partial charge >= 0.3 is 24.2 Å². The van der Waals surface area contributed by atoms with E-state index in [9.17, 15) is 43.9 Å². The zero-order chi connectivity index (χ0) is 17.6. The maximum Gasteiger partial charge on any atom is 0.461 e. The second-order valence-electron chi connectivity index (χ2n) is 3.69. The summed E-state index contributed by atoms with van der Waals surface area (Å²) in [5, 5.41) is 0. The third-order valence-corrected chi connectivity index (χ3v) is 2.11. The lowest BCUT2D eigenvalue weighted by Gasteiger charge is -2.21. The first-order valence-corrected chi connectivity index (χ1v) is 4.93. The van der Waals surface area contributed by atoms with Gasteiger partial charge in [-0.15, -0.1) is 0 Å². The Labute approximate surface area is 114 Å². The highest BCUT2D eigenvalue weighted by Crippen LogP contribution is 2.45. The average Bonchev–Trinajstić information content (AvgIpc) is 2.35. The van der Waals surface area contributed by atoms with Crippen molar-refractivity contribution in [1.82, 2.24) is 15.0 Å². The number of hydrogen-bond donors (Lipinski definition) is 0. The minimum atomic E-state index is -6.31. The highest BCUT2D eigenvalue weighted by atomic mass is 19.4. The molecule has 124 valence electrons. The van der Waals surface area contributed by atoms with Crippen LogP contribution < -0.4 is 0 Å². The minimum absolute atomic E-state index is 0.313. The molecule has 0 aliphatic rings. The second kappa shape index (κ2) is 5.05. The van der Waals surface area contributed by atoms with Crippen LogP contribution in [0.3, 0.4) is 0 Å². The van der Waals surface area contributed by atoms with Crippen LogP contribution in [-0.4, -0.2) is 27.3 Å². The van der Waals surface area contributed by atoms with E-state index in [1.165, 1.54) is 0 Å². The molecule has 1 aromatic rings. The van der Waals surface area contributed by atoms with Gasteiger partial charge in [0, 0.05) is 0 Å². The molecule has 0 spiro atoms. The Morgan fingerprint density at radius 2 is 0.955 bits per heavy atom. The molecular formula is C9H3F10N3. The monoisotopic (exact) mass is 343 g/mol. The Hall–Kier alpha value is -1.95. The Kier molecular flexibility index (Phi) is 4.16. The van der Waals surface area contributed by atoms with E-state index < -0.39 is 41.7 Å². The Bertz CT molecular complexity index is 530. The summed E-state index contributed by atoms with van der Waals surface area (Å²) in [4.78, 5) is 6.90. The van der Waals surface area contributed by atoms with Crippen LogP contribution in [-0.2, 0) is 11.8 Å². The second-order valence-corrected chi connectivity index (χ2v) is 3.69. The molecule has 1 rings (SSSR count). The first-order chi connectivity index (χ1) is 9.64. The normalized spacial score (nSPS) is 14.1. The standard InChI is InChI=1S/C9H3F10N3/c1-2-3-20-4(6(10,11)8(14,15)16)22-5(21-3)7(12,13)9(17,18)19/h2H,1H2. The Morgan fingerprint density at radius 3 is 1.18 bits per heavy atom. The molecule has 3 nitrogen and oxygen atoms in total. The maximum atomic E-state index is 13.0. The highest BCUT2D eigenvalue weighted by Gasteiger charge is 2.64. The number of halogens is 10. The smallest absolute Gasteiger partial charge is 0.207 e. The van der Waals surface area contributed by atoms with Crippen molar-refractivity contribution in [1.29, 1.82) is 0 Å². The van der Waals surface area contributed by atoms with E-state index in [2.05, 4.69) is 16.5 Å². The fourth-order valence-electron chi connectivity index (χ4n) is 1.02. The summed E-state index contributed by atoms with van der Waals surface area (Å²) in [6.45, 7) is 2.80. The van der Waals surface area contributed by atoms with Crippen molar-refractivity contribution in [2.24, 2.45) is 0 Å². The Morgan fingerprint density at radius 1 is 0.636 bits per heavy atom. The van der Waals surface area contributed by atoms with Gasteiger partial charge < -0.3 is 0 Å². The molecule has 0 atom stereocenters. The molecule has 0 radical (unpaired) electrons. The van der Waals surface area contributed by atoms with Crippen LogP contribution in [0.25, 0.3) is 6.08 Å². The first-order valence-electron chi connectivity index (χ1n) is 4.93. The highest BCUT2D eigenvalue weighted by molar-refractivity contribution is 5.36.